The summed E-state index contributed by atoms with van der Waals surface area (Å²) in [5.41, 5.74) is 2.16. The second kappa shape index (κ2) is 8.77. The minimum absolute atomic E-state index is 0.108. The monoisotopic (exact) mass is 395 g/mol. The zero-order valence-electron chi connectivity index (χ0n) is 16.8. The molecule has 3 rings (SSSR count). The number of para-hydroxylation sites is 3. The topological polar surface area (TPSA) is 79.0 Å². The van der Waals surface area contributed by atoms with E-state index in [0.717, 1.165) is 5.56 Å². The van der Waals surface area contributed by atoms with Crippen molar-refractivity contribution >= 4 is 29.1 Å². The van der Waals surface area contributed by atoms with E-state index in [-0.39, 0.29) is 43.3 Å². The number of carbonyl (C=O) groups excluding carboxylic acids is 3. The summed E-state index contributed by atoms with van der Waals surface area (Å²) in [4.78, 5) is 40.5. The molecule has 1 heterocycles. The summed E-state index contributed by atoms with van der Waals surface area (Å²) in [6.07, 6.45) is 0.189. The lowest BCUT2D eigenvalue weighted by Gasteiger charge is -2.29. The Balaban J connectivity index is 1.67. The Morgan fingerprint density at radius 2 is 1.86 bits per heavy atom. The lowest BCUT2D eigenvalue weighted by atomic mass is 10.1. The predicted molar refractivity (Wildman–Crippen MR) is 111 cm³/mol. The minimum Gasteiger partial charge on any atom is -0.484 e. The van der Waals surface area contributed by atoms with Gasteiger partial charge in [0.15, 0.2) is 6.61 Å². The van der Waals surface area contributed by atoms with Crippen molar-refractivity contribution < 1.29 is 19.1 Å². The van der Waals surface area contributed by atoms with Crippen molar-refractivity contribution in [1.82, 2.24) is 4.90 Å². The molecule has 0 aliphatic carbocycles. The van der Waals surface area contributed by atoms with Gasteiger partial charge in [-0.05, 0) is 37.6 Å². The molecule has 2 aromatic carbocycles. The van der Waals surface area contributed by atoms with Gasteiger partial charge in [-0.3, -0.25) is 14.4 Å². The van der Waals surface area contributed by atoms with Crippen molar-refractivity contribution in [2.24, 2.45) is 0 Å². The third-order valence-corrected chi connectivity index (χ3v) is 4.87. The van der Waals surface area contributed by atoms with Crippen LogP contribution in [0.25, 0.3) is 0 Å². The van der Waals surface area contributed by atoms with Gasteiger partial charge in [0.2, 0.25) is 11.8 Å². The van der Waals surface area contributed by atoms with Crippen LogP contribution in [-0.4, -0.2) is 48.9 Å². The fraction of sp³-hybridized carbons (Fsp3) is 0.318. The molecule has 0 aromatic heterocycles. The lowest BCUT2D eigenvalue weighted by molar-refractivity contribution is -0.135. The van der Waals surface area contributed by atoms with Crippen LogP contribution in [0.5, 0.6) is 5.75 Å². The third kappa shape index (κ3) is 4.74. The molecular weight excluding hydrogens is 370 g/mol. The van der Waals surface area contributed by atoms with Crippen LogP contribution >= 0.6 is 0 Å². The molecule has 0 unspecified atom stereocenters. The SMILES string of the molecule is Cc1ccccc1OCC(=O)N(C)CC(=O)N1c2ccccc2NC(=O)C[C@H]1C. The zero-order valence-corrected chi connectivity index (χ0v) is 16.8. The first-order chi connectivity index (χ1) is 13.9. The molecule has 0 saturated carbocycles. The first-order valence-corrected chi connectivity index (χ1v) is 9.50. The van der Waals surface area contributed by atoms with E-state index in [2.05, 4.69) is 5.32 Å². The number of hydrogen-bond donors (Lipinski definition) is 1. The average Bonchev–Trinajstić information content (AvgIpc) is 2.81. The van der Waals surface area contributed by atoms with Gasteiger partial charge in [-0.15, -0.1) is 0 Å². The quantitative estimate of drug-likeness (QED) is 0.844. The van der Waals surface area contributed by atoms with E-state index in [1.807, 2.05) is 38.1 Å². The minimum atomic E-state index is -0.321. The number of amides is 3. The highest BCUT2D eigenvalue weighted by Crippen LogP contribution is 2.31. The Labute approximate surface area is 170 Å². The predicted octanol–water partition coefficient (Wildman–Crippen LogP) is 2.60. The summed E-state index contributed by atoms with van der Waals surface area (Å²) < 4.78 is 5.59. The van der Waals surface area contributed by atoms with Gasteiger partial charge >= 0.3 is 0 Å². The number of fused-ring (bicyclic) bond motifs is 1. The molecule has 7 heteroatoms. The van der Waals surface area contributed by atoms with E-state index < -0.39 is 0 Å². The third-order valence-electron chi connectivity index (χ3n) is 4.87. The van der Waals surface area contributed by atoms with Crippen LogP contribution in [0.2, 0.25) is 0 Å². The van der Waals surface area contributed by atoms with Gasteiger partial charge < -0.3 is 19.9 Å². The maximum atomic E-state index is 13.0. The molecule has 1 N–H and O–H groups in total. The van der Waals surface area contributed by atoms with Gasteiger partial charge in [0, 0.05) is 19.5 Å². The van der Waals surface area contributed by atoms with Crippen molar-refractivity contribution in [3.8, 4) is 5.75 Å². The van der Waals surface area contributed by atoms with E-state index in [0.29, 0.717) is 17.1 Å². The standard InChI is InChI=1S/C22H25N3O4/c1-15-8-4-7-11-19(15)29-14-22(28)24(3)13-21(27)25-16(2)12-20(26)23-17-9-5-6-10-18(17)25/h4-11,16H,12-14H2,1-3H3,(H,23,26)/t16-/m1/s1. The molecule has 0 spiro atoms. The summed E-state index contributed by atoms with van der Waals surface area (Å²) in [5.74, 6) is -0.0590. The average molecular weight is 395 g/mol. The molecule has 0 fully saturated rings. The number of nitrogens with zero attached hydrogens (tertiary/aromatic N) is 2. The number of hydrogen-bond acceptors (Lipinski definition) is 4. The molecule has 1 aliphatic heterocycles. The fourth-order valence-corrected chi connectivity index (χ4v) is 3.30. The number of ether oxygens (including phenoxy) is 1. The molecular formula is C22H25N3O4. The molecule has 0 radical (unpaired) electrons. The lowest BCUT2D eigenvalue weighted by Crippen LogP contribution is -2.46. The highest BCUT2D eigenvalue weighted by Gasteiger charge is 2.30. The van der Waals surface area contributed by atoms with Crippen LogP contribution < -0.4 is 15.0 Å². The van der Waals surface area contributed by atoms with Gasteiger partial charge in [0.1, 0.15) is 5.75 Å². The van der Waals surface area contributed by atoms with Gasteiger partial charge in [-0.2, -0.15) is 0 Å². The zero-order chi connectivity index (χ0) is 21.0. The Hall–Kier alpha value is -3.35. The van der Waals surface area contributed by atoms with E-state index in [1.54, 1.807) is 36.2 Å². The summed E-state index contributed by atoms with van der Waals surface area (Å²) >= 11 is 0. The van der Waals surface area contributed by atoms with Crippen molar-refractivity contribution in [2.45, 2.75) is 26.3 Å². The van der Waals surface area contributed by atoms with Crippen LogP contribution in [0.15, 0.2) is 48.5 Å². The first-order valence-electron chi connectivity index (χ1n) is 9.50. The Bertz CT molecular complexity index is 928. The number of carbonyl (C=O) groups is 3. The molecule has 0 bridgehead atoms. The van der Waals surface area contributed by atoms with Crippen LogP contribution in [-0.2, 0) is 14.4 Å². The van der Waals surface area contributed by atoms with Crippen LogP contribution in [0.3, 0.4) is 0 Å². The molecule has 2 aromatic rings. The molecule has 0 saturated heterocycles. The van der Waals surface area contributed by atoms with Gasteiger partial charge in [0.05, 0.1) is 17.9 Å². The van der Waals surface area contributed by atoms with E-state index in [4.69, 9.17) is 4.74 Å². The van der Waals surface area contributed by atoms with E-state index in [1.165, 1.54) is 4.90 Å². The second-order valence-corrected chi connectivity index (χ2v) is 7.19. The van der Waals surface area contributed by atoms with Gasteiger partial charge in [-0.1, -0.05) is 30.3 Å². The highest BCUT2D eigenvalue weighted by atomic mass is 16.5. The number of anilines is 2. The molecule has 3 amide bonds. The molecule has 29 heavy (non-hydrogen) atoms. The highest BCUT2D eigenvalue weighted by molar-refractivity contribution is 6.05. The van der Waals surface area contributed by atoms with Gasteiger partial charge in [0.25, 0.3) is 5.91 Å². The largest absolute Gasteiger partial charge is 0.484 e. The van der Waals surface area contributed by atoms with Crippen LogP contribution in [0.1, 0.15) is 18.9 Å². The van der Waals surface area contributed by atoms with Crippen LogP contribution in [0.4, 0.5) is 11.4 Å². The maximum absolute atomic E-state index is 13.0. The number of likely N-dealkylation sites (N-methyl/N-ethyl adjacent to an activating group) is 1. The summed E-state index contributed by atoms with van der Waals surface area (Å²) in [7, 11) is 1.57. The smallest absolute Gasteiger partial charge is 0.260 e. The Morgan fingerprint density at radius 3 is 2.62 bits per heavy atom. The van der Waals surface area contributed by atoms with Crippen molar-refractivity contribution in [1.29, 1.82) is 0 Å². The number of benzene rings is 2. The van der Waals surface area contributed by atoms with Crippen LogP contribution in [0, 0.1) is 6.92 Å². The normalized spacial score (nSPS) is 15.8. The summed E-state index contributed by atoms with van der Waals surface area (Å²) in [5, 5.41) is 2.82. The summed E-state index contributed by atoms with van der Waals surface area (Å²) in [6, 6.07) is 14.3. The van der Waals surface area contributed by atoms with Crippen molar-refractivity contribution in [3.05, 3.63) is 54.1 Å². The van der Waals surface area contributed by atoms with Crippen molar-refractivity contribution in [2.75, 3.05) is 30.4 Å². The molecule has 7 nitrogen and oxygen atoms in total. The van der Waals surface area contributed by atoms with E-state index in [9.17, 15) is 14.4 Å². The van der Waals surface area contributed by atoms with E-state index >= 15 is 0 Å². The summed E-state index contributed by atoms with van der Waals surface area (Å²) in [6.45, 7) is 3.47. The maximum Gasteiger partial charge on any atom is 0.260 e. The number of nitrogens with one attached hydrogen (secondary N) is 1. The number of aryl methyl sites for hydroxylation is 1. The number of rotatable bonds is 5. The second-order valence-electron chi connectivity index (χ2n) is 7.19. The molecule has 152 valence electrons. The Morgan fingerprint density at radius 1 is 1.17 bits per heavy atom. The molecule has 1 atom stereocenters. The molecule has 1 aliphatic rings. The fourth-order valence-electron chi connectivity index (χ4n) is 3.30. The Kier molecular flexibility index (Phi) is 6.16. The van der Waals surface area contributed by atoms with Gasteiger partial charge in [-0.25, -0.2) is 0 Å². The first kappa shape index (κ1) is 20.4. The van der Waals surface area contributed by atoms with Crippen molar-refractivity contribution in [3.63, 3.8) is 0 Å².